The van der Waals surface area contributed by atoms with Crippen molar-refractivity contribution in [3.63, 3.8) is 0 Å². The first kappa shape index (κ1) is 13.5. The lowest BCUT2D eigenvalue weighted by Crippen LogP contribution is -2.09. The lowest BCUT2D eigenvalue weighted by atomic mass is 10.2. The summed E-state index contributed by atoms with van der Waals surface area (Å²) in [6.07, 6.45) is 1.82. The molecule has 0 fully saturated rings. The molecule has 0 aliphatic carbocycles. The zero-order chi connectivity index (χ0) is 13.7. The van der Waals surface area contributed by atoms with Crippen molar-refractivity contribution in [1.82, 2.24) is 19.9 Å². The van der Waals surface area contributed by atoms with Gasteiger partial charge in [0.05, 0.1) is 0 Å². The number of hydrogen-bond donors (Lipinski definition) is 2. The first-order valence-corrected chi connectivity index (χ1v) is 6.36. The van der Waals surface area contributed by atoms with Gasteiger partial charge in [0, 0.05) is 25.0 Å². The van der Waals surface area contributed by atoms with Crippen LogP contribution in [-0.4, -0.2) is 26.5 Å². The van der Waals surface area contributed by atoms with E-state index in [1.165, 1.54) is 0 Å². The summed E-state index contributed by atoms with van der Waals surface area (Å²) in [5, 5.41) is 6.25. The smallest absolute Gasteiger partial charge is 0.229 e. The molecule has 0 radical (unpaired) electrons. The van der Waals surface area contributed by atoms with E-state index >= 15 is 0 Å². The van der Waals surface area contributed by atoms with E-state index in [0.717, 1.165) is 17.8 Å². The molecule has 2 N–H and O–H groups in total. The van der Waals surface area contributed by atoms with Crippen LogP contribution in [0.5, 0.6) is 0 Å². The number of pyridine rings is 1. The maximum Gasteiger partial charge on any atom is 0.229 e. The highest BCUT2D eigenvalue weighted by molar-refractivity contribution is 6.28. The minimum absolute atomic E-state index is 0.162. The van der Waals surface area contributed by atoms with Gasteiger partial charge in [-0.2, -0.15) is 15.0 Å². The van der Waals surface area contributed by atoms with Gasteiger partial charge in [-0.05, 0) is 37.1 Å². The molecule has 2 heterocycles. The Bertz CT molecular complexity index is 542. The van der Waals surface area contributed by atoms with Crippen LogP contribution in [0.25, 0.3) is 0 Å². The molecule has 2 aromatic heterocycles. The lowest BCUT2D eigenvalue weighted by molar-refractivity contribution is 0.981. The van der Waals surface area contributed by atoms with Crippen LogP contribution in [0.1, 0.15) is 18.2 Å². The normalized spacial score (nSPS) is 10.3. The number of halogens is 1. The van der Waals surface area contributed by atoms with Gasteiger partial charge >= 0.3 is 0 Å². The summed E-state index contributed by atoms with van der Waals surface area (Å²) >= 11 is 5.83. The van der Waals surface area contributed by atoms with Crippen molar-refractivity contribution in [3.8, 4) is 0 Å². The average molecular weight is 279 g/mol. The highest BCUT2D eigenvalue weighted by atomic mass is 35.5. The van der Waals surface area contributed by atoms with Gasteiger partial charge in [0.2, 0.25) is 17.2 Å². The fourth-order valence-corrected chi connectivity index (χ4v) is 1.61. The van der Waals surface area contributed by atoms with Crippen molar-refractivity contribution in [2.75, 3.05) is 17.2 Å². The Balaban J connectivity index is 2.04. The maximum absolute atomic E-state index is 5.83. The molecule has 0 bridgehead atoms. The third kappa shape index (κ3) is 4.03. The summed E-state index contributed by atoms with van der Waals surface area (Å²) < 4.78 is 0. The summed E-state index contributed by atoms with van der Waals surface area (Å²) in [7, 11) is 0. The monoisotopic (exact) mass is 278 g/mol. The van der Waals surface area contributed by atoms with E-state index in [1.54, 1.807) is 0 Å². The molecule has 0 aliphatic rings. The number of nitrogens with one attached hydrogen (secondary N) is 2. The van der Waals surface area contributed by atoms with Crippen LogP contribution in [0.15, 0.2) is 18.3 Å². The van der Waals surface area contributed by atoms with E-state index in [2.05, 4.69) is 30.6 Å². The largest absolute Gasteiger partial charge is 0.354 e. The molecule has 100 valence electrons. The zero-order valence-electron chi connectivity index (χ0n) is 10.8. The minimum Gasteiger partial charge on any atom is -0.354 e. The molecule has 0 spiro atoms. The van der Waals surface area contributed by atoms with E-state index in [-0.39, 0.29) is 5.28 Å². The quantitative estimate of drug-likeness (QED) is 0.874. The molecule has 0 aromatic carbocycles. The number of aryl methyl sites for hydroxylation is 1. The summed E-state index contributed by atoms with van der Waals surface area (Å²) in [5.74, 6) is 0.906. The molecule has 2 rings (SSSR count). The first-order chi connectivity index (χ1) is 9.17. The molecule has 6 nitrogen and oxygen atoms in total. The number of rotatable bonds is 5. The van der Waals surface area contributed by atoms with Crippen LogP contribution < -0.4 is 10.6 Å². The molecule has 7 heteroatoms. The summed E-state index contributed by atoms with van der Waals surface area (Å²) in [5.41, 5.74) is 2.04. The van der Waals surface area contributed by atoms with Crippen molar-refractivity contribution in [2.45, 2.75) is 20.4 Å². The average Bonchev–Trinajstić information content (AvgIpc) is 2.38. The van der Waals surface area contributed by atoms with E-state index in [9.17, 15) is 0 Å². The molecule has 0 atom stereocenters. The standard InChI is InChI=1S/C12H15ClN6/c1-3-14-11-17-10(13)18-12(19-11)16-7-9-5-4-8(2)15-6-9/h4-6H,3,7H2,1-2H3,(H2,14,16,17,18,19). The topological polar surface area (TPSA) is 75.6 Å². The van der Waals surface area contributed by atoms with Crippen molar-refractivity contribution in [1.29, 1.82) is 0 Å². The summed E-state index contributed by atoms with van der Waals surface area (Å²) in [6, 6.07) is 3.96. The van der Waals surface area contributed by atoms with E-state index in [0.29, 0.717) is 18.4 Å². The van der Waals surface area contributed by atoms with Gasteiger partial charge in [-0.3, -0.25) is 4.98 Å². The molecular weight excluding hydrogens is 264 g/mol. The van der Waals surface area contributed by atoms with Crippen LogP contribution in [0.2, 0.25) is 5.28 Å². The van der Waals surface area contributed by atoms with Crippen LogP contribution in [0.4, 0.5) is 11.9 Å². The van der Waals surface area contributed by atoms with E-state index in [4.69, 9.17) is 11.6 Å². The van der Waals surface area contributed by atoms with Gasteiger partial charge < -0.3 is 10.6 Å². The number of hydrogen-bond acceptors (Lipinski definition) is 6. The molecule has 19 heavy (non-hydrogen) atoms. The van der Waals surface area contributed by atoms with Crippen LogP contribution in [-0.2, 0) is 6.54 Å². The van der Waals surface area contributed by atoms with Crippen molar-refractivity contribution < 1.29 is 0 Å². The molecule has 0 aliphatic heterocycles. The van der Waals surface area contributed by atoms with Gasteiger partial charge in [-0.25, -0.2) is 0 Å². The number of anilines is 2. The Morgan fingerprint density at radius 3 is 2.47 bits per heavy atom. The SMILES string of the molecule is CCNc1nc(Cl)nc(NCc2ccc(C)nc2)n1. The molecule has 2 aromatic rings. The second-order valence-corrected chi connectivity index (χ2v) is 4.28. The predicted molar refractivity (Wildman–Crippen MR) is 75.3 cm³/mol. The Morgan fingerprint density at radius 2 is 1.84 bits per heavy atom. The molecule has 0 saturated carbocycles. The second-order valence-electron chi connectivity index (χ2n) is 3.94. The Hall–Kier alpha value is -1.95. The predicted octanol–water partition coefficient (Wildman–Crippen LogP) is 2.27. The second kappa shape index (κ2) is 6.29. The van der Waals surface area contributed by atoms with E-state index < -0.39 is 0 Å². The van der Waals surface area contributed by atoms with Gasteiger partial charge in [-0.1, -0.05) is 6.07 Å². The van der Waals surface area contributed by atoms with Crippen LogP contribution in [0.3, 0.4) is 0 Å². The highest BCUT2D eigenvalue weighted by Crippen LogP contribution is 2.10. The molecule has 0 saturated heterocycles. The van der Waals surface area contributed by atoms with E-state index in [1.807, 2.05) is 32.2 Å². The van der Waals surface area contributed by atoms with Crippen molar-refractivity contribution in [2.24, 2.45) is 0 Å². The minimum atomic E-state index is 0.162. The molecule has 0 amide bonds. The van der Waals surface area contributed by atoms with Gasteiger partial charge in [0.1, 0.15) is 0 Å². The third-order valence-corrected chi connectivity index (χ3v) is 2.54. The van der Waals surface area contributed by atoms with Gasteiger partial charge in [-0.15, -0.1) is 0 Å². The maximum atomic E-state index is 5.83. The Labute approximate surface area is 116 Å². The number of aromatic nitrogens is 4. The zero-order valence-corrected chi connectivity index (χ0v) is 11.6. The van der Waals surface area contributed by atoms with Gasteiger partial charge in [0.15, 0.2) is 0 Å². The van der Waals surface area contributed by atoms with Crippen molar-refractivity contribution in [3.05, 3.63) is 34.9 Å². The molecule has 0 unspecified atom stereocenters. The number of nitrogens with zero attached hydrogens (tertiary/aromatic N) is 4. The summed E-state index contributed by atoms with van der Waals surface area (Å²) in [4.78, 5) is 16.4. The van der Waals surface area contributed by atoms with Crippen molar-refractivity contribution >= 4 is 23.5 Å². The fourth-order valence-electron chi connectivity index (χ4n) is 1.45. The Kier molecular flexibility index (Phi) is 4.46. The lowest BCUT2D eigenvalue weighted by Gasteiger charge is -2.07. The van der Waals surface area contributed by atoms with Gasteiger partial charge in [0.25, 0.3) is 0 Å². The molecular formula is C12H15ClN6. The highest BCUT2D eigenvalue weighted by Gasteiger charge is 2.04. The van der Waals surface area contributed by atoms with Crippen LogP contribution >= 0.6 is 11.6 Å². The third-order valence-electron chi connectivity index (χ3n) is 2.37. The summed E-state index contributed by atoms with van der Waals surface area (Å²) in [6.45, 7) is 5.22. The first-order valence-electron chi connectivity index (χ1n) is 5.98. The Morgan fingerprint density at radius 1 is 1.11 bits per heavy atom. The fraction of sp³-hybridized carbons (Fsp3) is 0.333. The van der Waals surface area contributed by atoms with Crippen LogP contribution in [0, 0.1) is 6.92 Å².